The Bertz CT molecular complexity index is 597. The average molecular weight is 336 g/mol. The molecule has 24 heavy (non-hydrogen) atoms. The minimum atomic E-state index is -1.51. The Balaban J connectivity index is 2.62. The van der Waals surface area contributed by atoms with Crippen molar-refractivity contribution in [1.29, 1.82) is 0 Å². The molecule has 0 amide bonds. The van der Waals surface area contributed by atoms with Gasteiger partial charge in [0.1, 0.15) is 5.60 Å². The predicted octanol–water partition coefficient (Wildman–Crippen LogP) is 2.18. The molecule has 2 aliphatic rings. The van der Waals surface area contributed by atoms with Crippen LogP contribution in [0.2, 0.25) is 0 Å². The molecular weight excluding hydrogens is 312 g/mol. The van der Waals surface area contributed by atoms with Crippen LogP contribution in [0.1, 0.15) is 33.6 Å². The molecule has 0 aliphatic heterocycles. The molecule has 0 radical (unpaired) electrons. The largest absolute Gasteiger partial charge is 0.468 e. The smallest absolute Gasteiger partial charge is 0.327 e. The van der Waals surface area contributed by atoms with Gasteiger partial charge in [-0.1, -0.05) is 18.2 Å². The topological polar surface area (TPSA) is 78.9 Å². The summed E-state index contributed by atoms with van der Waals surface area (Å²) in [4.78, 5) is 36.6. The van der Waals surface area contributed by atoms with E-state index in [9.17, 15) is 14.4 Å². The summed E-state index contributed by atoms with van der Waals surface area (Å²) in [6.45, 7) is 4.84. The van der Waals surface area contributed by atoms with Crippen molar-refractivity contribution < 1.29 is 28.6 Å². The third kappa shape index (κ3) is 2.74. The monoisotopic (exact) mass is 336 g/mol. The second-order valence-corrected chi connectivity index (χ2v) is 6.69. The summed E-state index contributed by atoms with van der Waals surface area (Å²) in [5.74, 6) is -2.22. The molecule has 0 aromatic rings. The number of methoxy groups -OCH3 is 2. The van der Waals surface area contributed by atoms with Gasteiger partial charge in [0, 0.05) is 12.8 Å². The molecule has 2 aliphatic carbocycles. The number of hydrogen-bond acceptors (Lipinski definition) is 6. The molecule has 0 aromatic heterocycles. The SMILES string of the molecule is COC(=O)C1(C(=O)OC)C=C(C(C)(C)OC(C)=O)[C@H]2C=CCC[C@H]21. The first-order chi connectivity index (χ1) is 11.2. The van der Waals surface area contributed by atoms with Gasteiger partial charge in [-0.05, 0) is 38.2 Å². The Morgan fingerprint density at radius 2 is 1.75 bits per heavy atom. The van der Waals surface area contributed by atoms with E-state index in [0.29, 0.717) is 6.42 Å². The highest BCUT2D eigenvalue weighted by molar-refractivity contribution is 6.03. The molecule has 6 nitrogen and oxygen atoms in total. The van der Waals surface area contributed by atoms with E-state index in [1.165, 1.54) is 21.1 Å². The molecule has 2 atom stereocenters. The number of ether oxygens (including phenoxy) is 3. The van der Waals surface area contributed by atoms with Crippen LogP contribution in [-0.4, -0.2) is 37.7 Å². The number of hydrogen-bond donors (Lipinski definition) is 0. The quantitative estimate of drug-likeness (QED) is 0.339. The van der Waals surface area contributed by atoms with Crippen LogP contribution >= 0.6 is 0 Å². The molecular formula is C18H24O6. The van der Waals surface area contributed by atoms with E-state index in [4.69, 9.17) is 14.2 Å². The molecule has 0 aromatic carbocycles. The fraction of sp³-hybridized carbons (Fsp3) is 0.611. The van der Waals surface area contributed by atoms with Crippen molar-refractivity contribution in [3.8, 4) is 0 Å². The normalized spacial score (nSPS) is 24.6. The van der Waals surface area contributed by atoms with Crippen LogP contribution in [0.3, 0.4) is 0 Å². The van der Waals surface area contributed by atoms with Gasteiger partial charge in [-0.3, -0.25) is 14.4 Å². The lowest BCUT2D eigenvalue weighted by Crippen LogP contribution is -2.45. The van der Waals surface area contributed by atoms with Gasteiger partial charge in [0.15, 0.2) is 5.41 Å². The molecule has 6 heteroatoms. The Kier molecular flexibility index (Phi) is 4.87. The van der Waals surface area contributed by atoms with Crippen LogP contribution < -0.4 is 0 Å². The highest BCUT2D eigenvalue weighted by Gasteiger charge is 2.61. The second-order valence-electron chi connectivity index (χ2n) is 6.69. The van der Waals surface area contributed by atoms with Crippen molar-refractivity contribution >= 4 is 17.9 Å². The van der Waals surface area contributed by atoms with Crippen LogP contribution in [0.15, 0.2) is 23.8 Å². The van der Waals surface area contributed by atoms with Crippen LogP contribution in [0.5, 0.6) is 0 Å². The van der Waals surface area contributed by atoms with Crippen LogP contribution in [-0.2, 0) is 28.6 Å². The number of carbonyl (C=O) groups excluding carboxylic acids is 3. The minimum absolute atomic E-state index is 0.189. The standard InChI is InChI=1S/C18H24O6/c1-11(19)24-17(2,3)14-10-18(15(20)22-4,16(21)23-5)13-9-7-6-8-12(13)14/h6,8,10,12-13H,7,9H2,1-5H3/t12-,13+/m0/s1. The van der Waals surface area contributed by atoms with E-state index in [-0.39, 0.29) is 11.8 Å². The highest BCUT2D eigenvalue weighted by Crippen LogP contribution is 2.54. The first-order valence-corrected chi connectivity index (χ1v) is 7.97. The third-order valence-corrected chi connectivity index (χ3v) is 4.89. The highest BCUT2D eigenvalue weighted by atomic mass is 16.6. The van der Waals surface area contributed by atoms with Gasteiger partial charge in [-0.15, -0.1) is 0 Å². The van der Waals surface area contributed by atoms with E-state index in [1.54, 1.807) is 19.9 Å². The van der Waals surface area contributed by atoms with E-state index in [0.717, 1.165) is 12.0 Å². The molecule has 132 valence electrons. The molecule has 0 saturated heterocycles. The summed E-state index contributed by atoms with van der Waals surface area (Å²) in [6, 6.07) is 0. The summed E-state index contributed by atoms with van der Waals surface area (Å²) in [5, 5.41) is 0. The fourth-order valence-electron chi connectivity index (χ4n) is 3.95. The summed E-state index contributed by atoms with van der Waals surface area (Å²) in [7, 11) is 2.51. The summed E-state index contributed by atoms with van der Waals surface area (Å²) in [5.41, 5.74) is -1.74. The zero-order valence-corrected chi connectivity index (χ0v) is 14.8. The van der Waals surface area contributed by atoms with Gasteiger partial charge in [-0.25, -0.2) is 0 Å². The van der Waals surface area contributed by atoms with Gasteiger partial charge >= 0.3 is 17.9 Å². The lowest BCUT2D eigenvalue weighted by molar-refractivity contribution is -0.169. The van der Waals surface area contributed by atoms with Gasteiger partial charge in [-0.2, -0.15) is 0 Å². The number of fused-ring (bicyclic) bond motifs is 1. The second kappa shape index (κ2) is 6.42. The number of rotatable bonds is 4. The van der Waals surface area contributed by atoms with E-state index in [2.05, 4.69) is 0 Å². The summed E-state index contributed by atoms with van der Waals surface area (Å²) >= 11 is 0. The van der Waals surface area contributed by atoms with Gasteiger partial charge in [0.05, 0.1) is 14.2 Å². The molecule has 0 N–H and O–H groups in total. The van der Waals surface area contributed by atoms with Crippen molar-refractivity contribution in [2.24, 2.45) is 17.3 Å². The molecule has 0 fully saturated rings. The number of allylic oxidation sites excluding steroid dienone is 2. The zero-order chi connectivity index (χ0) is 18.1. The van der Waals surface area contributed by atoms with Crippen LogP contribution in [0, 0.1) is 17.3 Å². The Hall–Kier alpha value is -2.11. The predicted molar refractivity (Wildman–Crippen MR) is 85.7 cm³/mol. The number of esters is 3. The van der Waals surface area contributed by atoms with E-state index in [1.807, 2.05) is 12.2 Å². The Morgan fingerprint density at radius 3 is 2.25 bits per heavy atom. The van der Waals surface area contributed by atoms with Crippen LogP contribution in [0.4, 0.5) is 0 Å². The van der Waals surface area contributed by atoms with Gasteiger partial charge < -0.3 is 14.2 Å². The zero-order valence-electron chi connectivity index (χ0n) is 14.8. The molecule has 0 spiro atoms. The summed E-state index contributed by atoms with van der Waals surface area (Å²) < 4.78 is 15.3. The molecule has 0 unspecified atom stereocenters. The van der Waals surface area contributed by atoms with Gasteiger partial charge in [0.25, 0.3) is 0 Å². The van der Waals surface area contributed by atoms with Crippen LogP contribution in [0.25, 0.3) is 0 Å². The fourth-order valence-corrected chi connectivity index (χ4v) is 3.95. The van der Waals surface area contributed by atoms with E-state index >= 15 is 0 Å². The van der Waals surface area contributed by atoms with Crippen molar-refractivity contribution in [2.75, 3.05) is 14.2 Å². The molecule has 0 heterocycles. The minimum Gasteiger partial charge on any atom is -0.468 e. The van der Waals surface area contributed by atoms with Crippen molar-refractivity contribution in [2.45, 2.75) is 39.2 Å². The lowest BCUT2D eigenvalue weighted by Gasteiger charge is -2.35. The Morgan fingerprint density at radius 1 is 1.17 bits per heavy atom. The first-order valence-electron chi connectivity index (χ1n) is 7.97. The molecule has 2 rings (SSSR count). The first kappa shape index (κ1) is 18.2. The van der Waals surface area contributed by atoms with Crippen molar-refractivity contribution in [3.05, 3.63) is 23.8 Å². The average Bonchev–Trinajstić information content (AvgIpc) is 2.89. The van der Waals surface area contributed by atoms with Crippen molar-refractivity contribution in [1.82, 2.24) is 0 Å². The molecule has 0 bridgehead atoms. The van der Waals surface area contributed by atoms with Gasteiger partial charge in [0.2, 0.25) is 0 Å². The third-order valence-electron chi connectivity index (χ3n) is 4.89. The Labute approximate surface area is 141 Å². The maximum atomic E-state index is 12.6. The maximum Gasteiger partial charge on any atom is 0.327 e. The van der Waals surface area contributed by atoms with E-state index < -0.39 is 28.9 Å². The number of carbonyl (C=O) groups is 3. The molecule has 0 saturated carbocycles. The lowest BCUT2D eigenvalue weighted by atomic mass is 9.69. The maximum absolute atomic E-state index is 12.6. The summed E-state index contributed by atoms with van der Waals surface area (Å²) in [6.07, 6.45) is 6.98. The van der Waals surface area contributed by atoms with Crippen molar-refractivity contribution in [3.63, 3.8) is 0 Å².